The summed E-state index contributed by atoms with van der Waals surface area (Å²) >= 11 is 0. The first kappa shape index (κ1) is 23.9. The minimum Gasteiger partial charge on any atom is -0.493 e. The van der Waals surface area contributed by atoms with Crippen molar-refractivity contribution < 1.29 is 24.2 Å². The Balaban J connectivity index is 1.36. The fourth-order valence-corrected chi connectivity index (χ4v) is 5.02. The van der Waals surface area contributed by atoms with Crippen LogP contribution in [-0.4, -0.2) is 28.1 Å². The molecule has 0 spiro atoms. The molecule has 0 amide bonds. The van der Waals surface area contributed by atoms with Crippen LogP contribution in [-0.2, 0) is 6.42 Å². The summed E-state index contributed by atoms with van der Waals surface area (Å²) < 4.78 is 17.4. The van der Waals surface area contributed by atoms with E-state index in [0.717, 1.165) is 29.9 Å². The molecule has 0 radical (unpaired) electrons. The molecule has 3 aromatic carbocycles. The van der Waals surface area contributed by atoms with Crippen LogP contribution in [0.5, 0.6) is 17.4 Å². The number of aliphatic hydroxyl groups is 1. The molecule has 1 aliphatic rings. The Labute approximate surface area is 211 Å². The van der Waals surface area contributed by atoms with Gasteiger partial charge < -0.3 is 24.2 Å². The number of benzene rings is 3. The van der Waals surface area contributed by atoms with Gasteiger partial charge in [0.15, 0.2) is 5.76 Å². The number of hydrogen-bond donors (Lipinski definition) is 2. The number of aliphatic hydroxyl groups excluding tert-OH is 1. The van der Waals surface area contributed by atoms with Crippen molar-refractivity contribution in [1.82, 2.24) is 5.16 Å². The first-order valence-electron chi connectivity index (χ1n) is 12.4. The fourth-order valence-electron chi connectivity index (χ4n) is 5.02. The second-order valence-electron chi connectivity index (χ2n) is 9.51. The van der Waals surface area contributed by atoms with E-state index in [0.29, 0.717) is 18.8 Å². The van der Waals surface area contributed by atoms with E-state index in [-0.39, 0.29) is 18.1 Å². The van der Waals surface area contributed by atoms with Gasteiger partial charge in [0.25, 0.3) is 5.88 Å². The van der Waals surface area contributed by atoms with Crippen LogP contribution in [0.2, 0.25) is 0 Å². The van der Waals surface area contributed by atoms with Crippen molar-refractivity contribution >= 4 is 0 Å². The van der Waals surface area contributed by atoms with E-state index in [2.05, 4.69) is 49.3 Å². The number of aromatic hydroxyl groups is 1. The van der Waals surface area contributed by atoms with Crippen LogP contribution in [0.4, 0.5) is 0 Å². The predicted octanol–water partition coefficient (Wildman–Crippen LogP) is 6.55. The standard InChI is InChI=1S/C30H31NO5/c1-18-15-23(34-14-13-20(3)32)16-19(2)30(18)26-6-4-5-25-24(26)11-12-27(25)35-22-9-7-21(8-10-22)28-17-29(33)31-36-28/h4-10,15-17,20,27,32H,11-14H2,1-3H3,(H,31,33)/t20-,27?/m1/s1. The van der Waals surface area contributed by atoms with E-state index in [4.69, 9.17) is 14.0 Å². The number of nitrogens with zero attached hydrogens (tertiary/aromatic N) is 1. The Morgan fingerprint density at radius 3 is 2.44 bits per heavy atom. The van der Waals surface area contributed by atoms with E-state index < -0.39 is 0 Å². The van der Waals surface area contributed by atoms with Crippen molar-refractivity contribution in [1.29, 1.82) is 0 Å². The molecule has 4 aromatic rings. The quantitative estimate of drug-likeness (QED) is 0.294. The molecule has 0 fully saturated rings. The smallest absolute Gasteiger partial charge is 0.252 e. The Hall–Kier alpha value is -3.77. The van der Waals surface area contributed by atoms with Gasteiger partial charge in [0.1, 0.15) is 17.6 Å². The first-order chi connectivity index (χ1) is 17.4. The first-order valence-corrected chi connectivity index (χ1v) is 12.4. The van der Waals surface area contributed by atoms with E-state index in [9.17, 15) is 10.2 Å². The van der Waals surface area contributed by atoms with Crippen molar-refractivity contribution in [2.24, 2.45) is 0 Å². The average molecular weight is 486 g/mol. The number of rotatable bonds is 8. The molecule has 1 unspecified atom stereocenters. The highest BCUT2D eigenvalue weighted by molar-refractivity contribution is 5.76. The molecule has 2 N–H and O–H groups in total. The molecule has 6 heteroatoms. The third-order valence-corrected chi connectivity index (χ3v) is 6.71. The number of fused-ring (bicyclic) bond motifs is 1. The predicted molar refractivity (Wildman–Crippen MR) is 138 cm³/mol. The molecular formula is C30H31NO5. The van der Waals surface area contributed by atoms with Gasteiger partial charge in [-0.25, -0.2) is 0 Å². The van der Waals surface area contributed by atoms with Gasteiger partial charge in [-0.15, -0.1) is 0 Å². The highest BCUT2D eigenvalue weighted by Gasteiger charge is 2.27. The van der Waals surface area contributed by atoms with Crippen LogP contribution in [0.15, 0.2) is 65.2 Å². The van der Waals surface area contributed by atoms with Gasteiger partial charge in [-0.1, -0.05) is 18.2 Å². The maximum atomic E-state index is 9.49. The molecule has 36 heavy (non-hydrogen) atoms. The Kier molecular flexibility index (Phi) is 6.70. The van der Waals surface area contributed by atoms with Crippen LogP contribution in [0, 0.1) is 13.8 Å². The van der Waals surface area contributed by atoms with Gasteiger partial charge in [0.2, 0.25) is 0 Å². The van der Waals surface area contributed by atoms with Crippen molar-refractivity contribution in [2.45, 2.75) is 52.2 Å². The van der Waals surface area contributed by atoms with Crippen LogP contribution in [0.25, 0.3) is 22.5 Å². The highest BCUT2D eigenvalue weighted by atomic mass is 16.5. The Bertz CT molecular complexity index is 1330. The number of aryl methyl sites for hydroxylation is 2. The van der Waals surface area contributed by atoms with E-state index in [1.807, 2.05) is 24.3 Å². The zero-order valence-corrected chi connectivity index (χ0v) is 20.8. The molecule has 1 heterocycles. The normalized spacial score (nSPS) is 15.5. The van der Waals surface area contributed by atoms with Crippen molar-refractivity contribution in [3.63, 3.8) is 0 Å². The lowest BCUT2D eigenvalue weighted by atomic mass is 9.90. The summed E-state index contributed by atoms with van der Waals surface area (Å²) in [7, 11) is 0. The molecular weight excluding hydrogens is 454 g/mol. The molecule has 1 aromatic heterocycles. The summed E-state index contributed by atoms with van der Waals surface area (Å²) in [5.74, 6) is 2.01. The van der Waals surface area contributed by atoms with E-state index in [1.54, 1.807) is 6.92 Å². The lowest BCUT2D eigenvalue weighted by Crippen LogP contribution is -2.07. The number of hydrogen-bond acceptors (Lipinski definition) is 6. The minimum atomic E-state index is -0.366. The average Bonchev–Trinajstić information content (AvgIpc) is 3.46. The third kappa shape index (κ3) is 4.95. The van der Waals surface area contributed by atoms with Crippen LogP contribution in [0.1, 0.15) is 48.1 Å². The van der Waals surface area contributed by atoms with Crippen molar-refractivity contribution in [3.05, 3.63) is 82.9 Å². The molecule has 186 valence electrons. The molecule has 0 saturated carbocycles. The van der Waals surface area contributed by atoms with Gasteiger partial charge >= 0.3 is 0 Å². The van der Waals surface area contributed by atoms with E-state index >= 15 is 0 Å². The topological polar surface area (TPSA) is 85.0 Å². The Morgan fingerprint density at radius 2 is 1.78 bits per heavy atom. The molecule has 0 aliphatic heterocycles. The van der Waals surface area contributed by atoms with Gasteiger partial charge in [0.05, 0.1) is 12.7 Å². The molecule has 1 aliphatic carbocycles. The highest BCUT2D eigenvalue weighted by Crippen LogP contribution is 2.42. The fraction of sp³-hybridized carbons (Fsp3) is 0.300. The molecule has 2 atom stereocenters. The monoisotopic (exact) mass is 485 g/mol. The molecule has 6 nitrogen and oxygen atoms in total. The summed E-state index contributed by atoms with van der Waals surface area (Å²) in [4.78, 5) is 0. The van der Waals surface area contributed by atoms with Crippen LogP contribution in [0.3, 0.4) is 0 Å². The largest absolute Gasteiger partial charge is 0.493 e. The zero-order chi connectivity index (χ0) is 25.2. The van der Waals surface area contributed by atoms with Crippen molar-refractivity contribution in [2.75, 3.05) is 6.61 Å². The number of ether oxygens (including phenoxy) is 2. The minimum absolute atomic E-state index is 0.0104. The number of aromatic nitrogens is 1. The zero-order valence-electron chi connectivity index (χ0n) is 20.8. The molecule has 5 rings (SSSR count). The van der Waals surface area contributed by atoms with Gasteiger partial charge in [0, 0.05) is 18.1 Å². The van der Waals surface area contributed by atoms with Gasteiger partial charge in [-0.05, 0) is 109 Å². The van der Waals surface area contributed by atoms with Gasteiger partial charge in [-0.2, -0.15) is 0 Å². The Morgan fingerprint density at radius 1 is 1.03 bits per heavy atom. The second-order valence-corrected chi connectivity index (χ2v) is 9.51. The van der Waals surface area contributed by atoms with Crippen LogP contribution >= 0.6 is 0 Å². The lowest BCUT2D eigenvalue weighted by Gasteiger charge is -2.18. The molecule has 0 bridgehead atoms. The second kappa shape index (κ2) is 10.1. The maximum absolute atomic E-state index is 9.49. The van der Waals surface area contributed by atoms with E-state index in [1.165, 1.54) is 39.4 Å². The SMILES string of the molecule is Cc1cc(OCC[C@@H](C)O)cc(C)c1-c1cccc2c1CCC2Oc1ccc(-c2cc(O)no2)cc1. The van der Waals surface area contributed by atoms with Crippen LogP contribution < -0.4 is 9.47 Å². The molecule has 0 saturated heterocycles. The lowest BCUT2D eigenvalue weighted by molar-refractivity contribution is 0.155. The third-order valence-electron chi connectivity index (χ3n) is 6.71. The summed E-state index contributed by atoms with van der Waals surface area (Å²) in [6.07, 6.45) is 2.11. The maximum Gasteiger partial charge on any atom is 0.252 e. The summed E-state index contributed by atoms with van der Waals surface area (Å²) in [6, 6.07) is 19.8. The van der Waals surface area contributed by atoms with Crippen molar-refractivity contribution in [3.8, 4) is 39.8 Å². The van der Waals surface area contributed by atoms with Gasteiger partial charge in [-0.3, -0.25) is 0 Å². The summed E-state index contributed by atoms with van der Waals surface area (Å²) in [5, 5.41) is 22.4. The summed E-state index contributed by atoms with van der Waals surface area (Å²) in [6.45, 7) is 6.53. The summed E-state index contributed by atoms with van der Waals surface area (Å²) in [5.41, 5.74) is 8.24.